The van der Waals surface area contributed by atoms with Crippen LogP contribution < -0.4 is 0 Å². The van der Waals surface area contributed by atoms with Crippen molar-refractivity contribution < 1.29 is 5.11 Å². The zero-order chi connectivity index (χ0) is 17.9. The van der Waals surface area contributed by atoms with Gasteiger partial charge in [0.2, 0.25) is 0 Å². The standard InChI is InChI=1S/C22H28ClNO/c1-21(2,18-8-10-20(23)11-9-18)12-15-24-16-13-22(25,14-17-24)19-6-4-3-5-7-19/h3-11,25H,12-17H2,1-2H3. The van der Waals surface area contributed by atoms with Gasteiger partial charge in [-0.1, -0.05) is 67.9 Å². The predicted molar refractivity (Wildman–Crippen MR) is 105 cm³/mol. The zero-order valence-corrected chi connectivity index (χ0v) is 16.0. The molecule has 2 aromatic carbocycles. The van der Waals surface area contributed by atoms with Gasteiger partial charge >= 0.3 is 0 Å². The molecule has 25 heavy (non-hydrogen) atoms. The third-order valence-electron chi connectivity index (χ3n) is 5.67. The van der Waals surface area contributed by atoms with Crippen LogP contribution in [0, 0.1) is 0 Å². The molecule has 1 fully saturated rings. The first kappa shape index (κ1) is 18.4. The zero-order valence-electron chi connectivity index (χ0n) is 15.2. The molecule has 2 nitrogen and oxygen atoms in total. The summed E-state index contributed by atoms with van der Waals surface area (Å²) in [5.41, 5.74) is 1.84. The van der Waals surface area contributed by atoms with Gasteiger partial charge in [-0.3, -0.25) is 0 Å². The molecule has 0 spiro atoms. The third-order valence-corrected chi connectivity index (χ3v) is 5.93. The first-order chi connectivity index (χ1) is 11.9. The van der Waals surface area contributed by atoms with Gasteiger partial charge in [0.25, 0.3) is 0 Å². The van der Waals surface area contributed by atoms with Crippen molar-refractivity contribution in [2.75, 3.05) is 19.6 Å². The van der Waals surface area contributed by atoms with E-state index >= 15 is 0 Å². The molecule has 0 bridgehead atoms. The molecule has 1 heterocycles. The van der Waals surface area contributed by atoms with Gasteiger partial charge in [-0.15, -0.1) is 0 Å². The van der Waals surface area contributed by atoms with Crippen molar-refractivity contribution in [3.63, 3.8) is 0 Å². The van der Waals surface area contributed by atoms with E-state index in [-0.39, 0.29) is 5.41 Å². The third kappa shape index (κ3) is 4.44. The minimum absolute atomic E-state index is 0.123. The Morgan fingerprint density at radius 2 is 1.60 bits per heavy atom. The number of hydrogen-bond donors (Lipinski definition) is 1. The van der Waals surface area contributed by atoms with E-state index in [9.17, 15) is 5.11 Å². The van der Waals surface area contributed by atoms with Crippen LogP contribution in [-0.4, -0.2) is 29.6 Å². The average Bonchev–Trinajstić information content (AvgIpc) is 2.62. The number of hydrogen-bond acceptors (Lipinski definition) is 2. The van der Waals surface area contributed by atoms with E-state index in [1.165, 1.54) is 5.56 Å². The van der Waals surface area contributed by atoms with Crippen molar-refractivity contribution in [2.45, 2.75) is 44.1 Å². The second-order valence-electron chi connectivity index (χ2n) is 7.88. The van der Waals surface area contributed by atoms with E-state index < -0.39 is 5.60 Å². The normalized spacial score (nSPS) is 18.2. The second-order valence-corrected chi connectivity index (χ2v) is 8.32. The Labute approximate surface area is 156 Å². The highest BCUT2D eigenvalue weighted by molar-refractivity contribution is 6.30. The van der Waals surface area contributed by atoms with Gasteiger partial charge in [0.05, 0.1) is 5.60 Å². The summed E-state index contributed by atoms with van der Waals surface area (Å²) < 4.78 is 0. The maximum atomic E-state index is 11.0. The molecule has 134 valence electrons. The first-order valence-electron chi connectivity index (χ1n) is 9.15. The molecule has 0 unspecified atom stereocenters. The Morgan fingerprint density at radius 3 is 2.20 bits per heavy atom. The number of halogens is 1. The van der Waals surface area contributed by atoms with Crippen molar-refractivity contribution in [3.05, 3.63) is 70.7 Å². The number of likely N-dealkylation sites (tertiary alicyclic amines) is 1. The van der Waals surface area contributed by atoms with Crippen LogP contribution in [0.4, 0.5) is 0 Å². The largest absolute Gasteiger partial charge is 0.385 e. The lowest BCUT2D eigenvalue weighted by Crippen LogP contribution is -2.43. The molecule has 0 radical (unpaired) electrons. The lowest BCUT2D eigenvalue weighted by molar-refractivity contribution is -0.0268. The highest BCUT2D eigenvalue weighted by Crippen LogP contribution is 2.34. The molecule has 1 aliphatic heterocycles. The first-order valence-corrected chi connectivity index (χ1v) is 9.53. The van der Waals surface area contributed by atoms with E-state index in [0.29, 0.717) is 0 Å². The van der Waals surface area contributed by atoms with Gasteiger partial charge in [-0.25, -0.2) is 0 Å². The van der Waals surface area contributed by atoms with Crippen molar-refractivity contribution in [3.8, 4) is 0 Å². The van der Waals surface area contributed by atoms with Crippen LogP contribution in [0.1, 0.15) is 44.2 Å². The van der Waals surface area contributed by atoms with E-state index in [1.54, 1.807) is 0 Å². The molecule has 1 aliphatic rings. The number of rotatable bonds is 5. The molecule has 1 saturated heterocycles. The minimum atomic E-state index is -0.663. The topological polar surface area (TPSA) is 23.5 Å². The van der Waals surface area contributed by atoms with Crippen molar-refractivity contribution in [1.29, 1.82) is 0 Å². The Morgan fingerprint density at radius 1 is 1.00 bits per heavy atom. The molecule has 0 aliphatic carbocycles. The molecule has 2 aromatic rings. The Balaban J connectivity index is 1.55. The van der Waals surface area contributed by atoms with Crippen LogP contribution in [-0.2, 0) is 11.0 Å². The smallest absolute Gasteiger partial charge is 0.0920 e. The van der Waals surface area contributed by atoms with Crippen molar-refractivity contribution in [2.24, 2.45) is 0 Å². The van der Waals surface area contributed by atoms with Gasteiger partial charge in [-0.2, -0.15) is 0 Å². The van der Waals surface area contributed by atoms with E-state index in [4.69, 9.17) is 11.6 Å². The van der Waals surface area contributed by atoms with Gasteiger partial charge in [0.1, 0.15) is 0 Å². The highest BCUT2D eigenvalue weighted by Gasteiger charge is 2.34. The summed E-state index contributed by atoms with van der Waals surface area (Å²) in [6, 6.07) is 18.3. The SMILES string of the molecule is CC(C)(CCN1CCC(O)(c2ccccc2)CC1)c1ccc(Cl)cc1. The van der Waals surface area contributed by atoms with Crippen molar-refractivity contribution in [1.82, 2.24) is 4.90 Å². The van der Waals surface area contributed by atoms with Crippen LogP contribution in [0.2, 0.25) is 5.02 Å². The molecule has 1 N–H and O–H groups in total. The summed E-state index contributed by atoms with van der Waals surface area (Å²) in [6.45, 7) is 7.53. The highest BCUT2D eigenvalue weighted by atomic mass is 35.5. The number of piperidine rings is 1. The average molecular weight is 358 g/mol. The number of benzene rings is 2. The fourth-order valence-electron chi connectivity index (χ4n) is 3.67. The van der Waals surface area contributed by atoms with E-state index in [2.05, 4.69) is 30.9 Å². The molecule has 3 heteroatoms. The van der Waals surface area contributed by atoms with E-state index in [1.807, 2.05) is 42.5 Å². The van der Waals surface area contributed by atoms with Crippen LogP contribution >= 0.6 is 11.6 Å². The second kappa shape index (κ2) is 7.49. The fraction of sp³-hybridized carbons (Fsp3) is 0.455. The monoisotopic (exact) mass is 357 g/mol. The molecular formula is C22H28ClNO. The van der Waals surface area contributed by atoms with Crippen molar-refractivity contribution >= 4 is 11.6 Å². The molecule has 0 aromatic heterocycles. The summed E-state index contributed by atoms with van der Waals surface area (Å²) >= 11 is 6.01. The summed E-state index contributed by atoms with van der Waals surface area (Å²) in [6.07, 6.45) is 2.70. The fourth-order valence-corrected chi connectivity index (χ4v) is 3.79. The van der Waals surface area contributed by atoms with Crippen LogP contribution in [0.3, 0.4) is 0 Å². The minimum Gasteiger partial charge on any atom is -0.385 e. The molecular weight excluding hydrogens is 330 g/mol. The van der Waals surface area contributed by atoms with Crippen LogP contribution in [0.15, 0.2) is 54.6 Å². The van der Waals surface area contributed by atoms with Crippen LogP contribution in [0.5, 0.6) is 0 Å². The Bertz CT molecular complexity index is 673. The number of nitrogens with zero attached hydrogens (tertiary/aromatic N) is 1. The number of aliphatic hydroxyl groups is 1. The van der Waals surface area contributed by atoms with Gasteiger partial charge < -0.3 is 10.0 Å². The Kier molecular flexibility index (Phi) is 5.52. The van der Waals surface area contributed by atoms with Gasteiger partial charge in [0.15, 0.2) is 0 Å². The molecule has 0 atom stereocenters. The lowest BCUT2D eigenvalue weighted by atomic mass is 9.80. The summed E-state index contributed by atoms with van der Waals surface area (Å²) in [5.74, 6) is 0. The van der Waals surface area contributed by atoms with Crippen LogP contribution in [0.25, 0.3) is 0 Å². The summed E-state index contributed by atoms with van der Waals surface area (Å²) in [5, 5.41) is 11.7. The maximum absolute atomic E-state index is 11.0. The van der Waals surface area contributed by atoms with Gasteiger partial charge in [-0.05, 0) is 54.5 Å². The maximum Gasteiger partial charge on any atom is 0.0920 e. The Hall–Kier alpha value is -1.35. The lowest BCUT2D eigenvalue weighted by Gasteiger charge is -2.39. The molecule has 3 rings (SSSR count). The predicted octanol–water partition coefficient (Wildman–Crippen LogP) is 4.99. The summed E-state index contributed by atoms with van der Waals surface area (Å²) in [4.78, 5) is 2.48. The summed E-state index contributed by atoms with van der Waals surface area (Å²) in [7, 11) is 0. The van der Waals surface area contributed by atoms with E-state index in [0.717, 1.165) is 49.5 Å². The molecule has 0 amide bonds. The quantitative estimate of drug-likeness (QED) is 0.814. The van der Waals surface area contributed by atoms with Gasteiger partial charge in [0, 0.05) is 18.1 Å². The molecule has 0 saturated carbocycles.